The summed E-state index contributed by atoms with van der Waals surface area (Å²) in [5.41, 5.74) is 6.06. The number of hydrogen-bond donors (Lipinski definition) is 2. The number of amides is 1. The smallest absolute Gasteiger partial charge is 0.237 e. The van der Waals surface area contributed by atoms with Gasteiger partial charge < -0.3 is 10.5 Å². The second kappa shape index (κ2) is 7.30. The molecule has 1 aromatic rings. The summed E-state index contributed by atoms with van der Waals surface area (Å²) < 4.78 is 21.9. The van der Waals surface area contributed by atoms with Crippen molar-refractivity contribution < 1.29 is 13.9 Å². The summed E-state index contributed by atoms with van der Waals surface area (Å²) in [7, 11) is 1.68. The number of ether oxygens (including phenoxy) is 1. The zero-order chi connectivity index (χ0) is 22.7. The van der Waals surface area contributed by atoms with E-state index in [-0.39, 0.29) is 36.3 Å². The lowest BCUT2D eigenvalue weighted by atomic mass is 9.56. The fraction of sp³-hybridized carbons (Fsp3) is 0.625. The Bertz CT molecular complexity index is 971. The zero-order valence-corrected chi connectivity index (χ0v) is 18.6. The molecule has 1 saturated carbocycles. The minimum atomic E-state index is -1.73. The summed E-state index contributed by atoms with van der Waals surface area (Å²) in [6, 6.07) is 7.69. The number of nitrogens with two attached hydrogens (primary N) is 1. The number of guanidine groups is 1. The molecule has 1 amide bonds. The van der Waals surface area contributed by atoms with Crippen LogP contribution >= 0.6 is 0 Å². The standard InChI is InChI=1S/C24H31FN4O2/c1-13-8-24-9-16-6-5-15(11-26)7-17(16)19(24)21(30)29(22(27)28)12-23(3,25)14(2)18(10-24)20(13)31-4/h5-7,13-14,18-20H,8-10,12H2,1-4H3,(H3,27,28). The Balaban J connectivity index is 1.94. The minimum absolute atomic E-state index is 0.0734. The maximum atomic E-state index is 16.0. The highest BCUT2D eigenvalue weighted by molar-refractivity contribution is 5.99. The van der Waals surface area contributed by atoms with Crippen molar-refractivity contribution in [3.8, 4) is 6.07 Å². The quantitative estimate of drug-likeness (QED) is 0.531. The number of nitrogens with zero attached hydrogens (tertiary/aromatic N) is 2. The van der Waals surface area contributed by atoms with E-state index in [0.29, 0.717) is 18.4 Å². The number of carbonyl (C=O) groups is 1. The molecule has 2 aliphatic carbocycles. The Labute approximate surface area is 183 Å². The normalized spacial score (nSPS) is 39.5. The van der Waals surface area contributed by atoms with Crippen molar-refractivity contribution in [1.29, 1.82) is 10.7 Å². The van der Waals surface area contributed by atoms with E-state index < -0.39 is 23.0 Å². The van der Waals surface area contributed by atoms with Crippen LogP contribution in [0, 0.1) is 39.9 Å². The average Bonchev–Trinajstić information content (AvgIpc) is 3.02. The van der Waals surface area contributed by atoms with Gasteiger partial charge in [-0.05, 0) is 72.6 Å². The maximum absolute atomic E-state index is 16.0. The van der Waals surface area contributed by atoms with Crippen molar-refractivity contribution in [2.75, 3.05) is 13.7 Å². The molecule has 1 aliphatic heterocycles. The van der Waals surface area contributed by atoms with Crippen LogP contribution in [0.15, 0.2) is 18.2 Å². The molecule has 2 fully saturated rings. The van der Waals surface area contributed by atoms with Gasteiger partial charge in [0, 0.05) is 7.11 Å². The van der Waals surface area contributed by atoms with Gasteiger partial charge in [-0.1, -0.05) is 19.9 Å². The summed E-state index contributed by atoms with van der Waals surface area (Å²) in [4.78, 5) is 15.0. The highest BCUT2D eigenvalue weighted by atomic mass is 19.1. The predicted octanol–water partition coefficient (Wildman–Crippen LogP) is 3.35. The molecular formula is C24H31FN4O2. The summed E-state index contributed by atoms with van der Waals surface area (Å²) in [5.74, 6) is -1.64. The van der Waals surface area contributed by atoms with Crippen LogP contribution in [0.3, 0.4) is 0 Å². The van der Waals surface area contributed by atoms with Gasteiger partial charge >= 0.3 is 0 Å². The van der Waals surface area contributed by atoms with Crippen molar-refractivity contribution in [2.24, 2.45) is 28.9 Å². The van der Waals surface area contributed by atoms with E-state index in [1.807, 2.05) is 13.0 Å². The van der Waals surface area contributed by atoms with Crippen LogP contribution < -0.4 is 5.73 Å². The number of alkyl halides is 1. The average molecular weight is 427 g/mol. The van der Waals surface area contributed by atoms with Crippen molar-refractivity contribution in [3.05, 3.63) is 34.9 Å². The fourth-order valence-electron chi connectivity index (χ4n) is 6.73. The maximum Gasteiger partial charge on any atom is 0.237 e. The first-order chi connectivity index (χ1) is 14.5. The third kappa shape index (κ3) is 3.23. The van der Waals surface area contributed by atoms with Crippen LogP contribution in [-0.4, -0.2) is 42.2 Å². The Morgan fingerprint density at radius 1 is 1.39 bits per heavy atom. The van der Waals surface area contributed by atoms with E-state index in [2.05, 4.69) is 13.0 Å². The Morgan fingerprint density at radius 2 is 2.10 bits per heavy atom. The summed E-state index contributed by atoms with van der Waals surface area (Å²) in [5, 5.41) is 17.5. The molecule has 1 aromatic carbocycles. The number of fused-ring (bicyclic) bond motifs is 3. The third-order valence-electron chi connectivity index (χ3n) is 8.23. The van der Waals surface area contributed by atoms with Gasteiger partial charge in [-0.3, -0.25) is 15.1 Å². The van der Waals surface area contributed by atoms with Gasteiger partial charge in [0.05, 0.1) is 30.2 Å². The van der Waals surface area contributed by atoms with Crippen LogP contribution in [-0.2, 0) is 16.0 Å². The number of rotatable bonds is 1. The molecule has 6 nitrogen and oxygen atoms in total. The molecule has 4 rings (SSSR count). The molecule has 7 heteroatoms. The first-order valence-corrected chi connectivity index (χ1v) is 10.9. The summed E-state index contributed by atoms with van der Waals surface area (Å²) in [6.07, 6.45) is 2.02. The second-order valence-electron chi connectivity index (χ2n) is 10.1. The van der Waals surface area contributed by atoms with E-state index in [4.69, 9.17) is 15.9 Å². The SMILES string of the molecule is COC1C(C)CC23Cc4ccc(C#N)cc4C2C(=O)N(C(=N)N)CC(C)(F)C(C)C1C3. The Morgan fingerprint density at radius 3 is 2.71 bits per heavy atom. The number of hydrogen-bond acceptors (Lipinski definition) is 4. The number of nitrogens with one attached hydrogen (secondary N) is 1. The third-order valence-corrected chi connectivity index (χ3v) is 8.23. The second-order valence-corrected chi connectivity index (χ2v) is 10.1. The van der Waals surface area contributed by atoms with Gasteiger partial charge in [-0.25, -0.2) is 4.39 Å². The molecule has 1 heterocycles. The monoisotopic (exact) mass is 426 g/mol. The highest BCUT2D eigenvalue weighted by Gasteiger charge is 2.60. The molecule has 2 bridgehead atoms. The highest BCUT2D eigenvalue weighted by Crippen LogP contribution is 2.61. The topological polar surface area (TPSA) is 103 Å². The van der Waals surface area contributed by atoms with Crippen molar-refractivity contribution in [2.45, 2.75) is 57.7 Å². The number of benzene rings is 1. The minimum Gasteiger partial charge on any atom is -0.381 e. The molecule has 3 N–H and O–H groups in total. The molecule has 31 heavy (non-hydrogen) atoms. The van der Waals surface area contributed by atoms with Gasteiger partial charge in [0.15, 0.2) is 5.96 Å². The molecule has 7 unspecified atom stereocenters. The summed E-state index contributed by atoms with van der Waals surface area (Å²) in [6.45, 7) is 5.25. The van der Waals surface area contributed by atoms with E-state index in [1.165, 1.54) is 6.92 Å². The van der Waals surface area contributed by atoms with Crippen molar-refractivity contribution in [3.63, 3.8) is 0 Å². The number of methoxy groups -OCH3 is 1. The molecular weight excluding hydrogens is 395 g/mol. The van der Waals surface area contributed by atoms with Crippen LogP contribution in [0.1, 0.15) is 56.2 Å². The lowest BCUT2D eigenvalue weighted by Crippen LogP contribution is -2.52. The molecule has 1 spiro atoms. The van der Waals surface area contributed by atoms with Crippen LogP contribution in [0.4, 0.5) is 4.39 Å². The van der Waals surface area contributed by atoms with E-state index in [0.717, 1.165) is 22.4 Å². The first-order valence-electron chi connectivity index (χ1n) is 10.9. The Kier molecular flexibility index (Phi) is 5.13. The largest absolute Gasteiger partial charge is 0.381 e. The Hall–Kier alpha value is -2.46. The lowest BCUT2D eigenvalue weighted by Gasteiger charge is -2.50. The number of halogens is 1. The molecule has 1 saturated heterocycles. The molecule has 0 aromatic heterocycles. The van der Waals surface area contributed by atoms with Gasteiger partial charge in [0.25, 0.3) is 0 Å². The van der Waals surface area contributed by atoms with Crippen molar-refractivity contribution in [1.82, 2.24) is 4.90 Å². The van der Waals surface area contributed by atoms with Gasteiger partial charge in [-0.2, -0.15) is 5.26 Å². The number of carbonyl (C=O) groups excluding carboxylic acids is 1. The molecule has 7 atom stereocenters. The van der Waals surface area contributed by atoms with Crippen LogP contribution in [0.5, 0.6) is 0 Å². The van der Waals surface area contributed by atoms with Gasteiger partial charge in [0.1, 0.15) is 5.67 Å². The molecule has 3 aliphatic rings. The zero-order valence-electron chi connectivity index (χ0n) is 18.6. The van der Waals surface area contributed by atoms with Crippen LogP contribution in [0.2, 0.25) is 0 Å². The predicted molar refractivity (Wildman–Crippen MR) is 115 cm³/mol. The van der Waals surface area contributed by atoms with Crippen LogP contribution in [0.25, 0.3) is 0 Å². The fourth-order valence-corrected chi connectivity index (χ4v) is 6.73. The molecule has 166 valence electrons. The van der Waals surface area contributed by atoms with E-state index >= 15 is 4.39 Å². The van der Waals surface area contributed by atoms with Crippen molar-refractivity contribution >= 4 is 11.9 Å². The lowest BCUT2D eigenvalue weighted by molar-refractivity contribution is -0.135. The van der Waals surface area contributed by atoms with E-state index in [1.54, 1.807) is 19.2 Å². The van der Waals surface area contributed by atoms with Gasteiger partial charge in [0.2, 0.25) is 5.91 Å². The van der Waals surface area contributed by atoms with Gasteiger partial charge in [-0.15, -0.1) is 0 Å². The first kappa shape index (κ1) is 21.8. The number of nitriles is 1. The summed E-state index contributed by atoms with van der Waals surface area (Å²) >= 11 is 0. The molecule has 0 radical (unpaired) electrons. The van der Waals surface area contributed by atoms with E-state index in [9.17, 15) is 10.1 Å².